The number of hydrogen-bond acceptors (Lipinski definition) is 3. The fourth-order valence-electron chi connectivity index (χ4n) is 4.45. The van der Waals surface area contributed by atoms with E-state index in [4.69, 9.17) is 0 Å². The van der Waals surface area contributed by atoms with Crippen LogP contribution < -0.4 is 5.32 Å². The van der Waals surface area contributed by atoms with Crippen LogP contribution in [0.2, 0.25) is 0 Å². The minimum absolute atomic E-state index is 0.261. The molecule has 31 heavy (non-hydrogen) atoms. The third-order valence-electron chi connectivity index (χ3n) is 6.13. The maximum Gasteiger partial charge on any atom is 0.323 e. The first-order valence-corrected chi connectivity index (χ1v) is 10.6. The molecule has 0 aromatic heterocycles. The highest BCUT2D eigenvalue weighted by atomic mass is 19.1. The van der Waals surface area contributed by atoms with Crippen molar-refractivity contribution in [1.29, 1.82) is 5.26 Å². The van der Waals surface area contributed by atoms with Crippen molar-refractivity contribution >= 4 is 11.7 Å². The SMILES string of the molecule is N#C[C@H]1[C@@H](c2ccc(C#CC3CCCC3)cc2)[C@H](CO)N1C(=O)Nc1ccc(F)cc1. The van der Waals surface area contributed by atoms with Crippen molar-refractivity contribution in [2.75, 3.05) is 11.9 Å². The van der Waals surface area contributed by atoms with E-state index in [0.29, 0.717) is 11.6 Å². The zero-order valence-electron chi connectivity index (χ0n) is 17.1. The van der Waals surface area contributed by atoms with E-state index in [9.17, 15) is 19.6 Å². The molecule has 1 saturated carbocycles. The Morgan fingerprint density at radius 3 is 2.42 bits per heavy atom. The highest BCUT2D eigenvalue weighted by Crippen LogP contribution is 2.40. The summed E-state index contributed by atoms with van der Waals surface area (Å²) in [5, 5.41) is 22.3. The number of halogens is 1. The Balaban J connectivity index is 1.46. The van der Waals surface area contributed by atoms with Crippen molar-refractivity contribution in [2.24, 2.45) is 5.92 Å². The molecule has 4 rings (SSSR count). The first-order chi connectivity index (χ1) is 15.1. The molecule has 2 N–H and O–H groups in total. The van der Waals surface area contributed by atoms with Gasteiger partial charge in [0.15, 0.2) is 0 Å². The standard InChI is InChI=1S/C25H24FN3O2/c26-20-11-13-21(14-12-20)28-25(31)29-22(15-27)24(23(29)16-30)19-9-7-18(8-10-19)6-5-17-3-1-2-4-17/h7-14,17,22-24,30H,1-4,16H2,(H,28,31)/t22-,23-,24+/m0/s1. The van der Waals surface area contributed by atoms with Gasteiger partial charge in [0.25, 0.3) is 0 Å². The Morgan fingerprint density at radius 1 is 1.13 bits per heavy atom. The molecule has 5 nitrogen and oxygen atoms in total. The Labute approximate surface area is 181 Å². The van der Waals surface area contributed by atoms with E-state index >= 15 is 0 Å². The maximum absolute atomic E-state index is 13.1. The molecule has 0 unspecified atom stereocenters. The molecule has 0 spiro atoms. The van der Waals surface area contributed by atoms with Gasteiger partial charge in [-0.1, -0.05) is 36.8 Å². The van der Waals surface area contributed by atoms with Crippen LogP contribution in [0.1, 0.15) is 42.7 Å². The molecule has 0 bridgehead atoms. The third-order valence-corrected chi connectivity index (χ3v) is 6.13. The predicted octanol–water partition coefficient (Wildman–Crippen LogP) is 4.25. The molecular weight excluding hydrogens is 393 g/mol. The summed E-state index contributed by atoms with van der Waals surface area (Å²) in [6.07, 6.45) is 4.85. The molecular formula is C25H24FN3O2. The van der Waals surface area contributed by atoms with Gasteiger partial charge in [-0.2, -0.15) is 5.26 Å². The quantitative estimate of drug-likeness (QED) is 0.733. The van der Waals surface area contributed by atoms with E-state index < -0.39 is 23.9 Å². The molecule has 2 fully saturated rings. The summed E-state index contributed by atoms with van der Waals surface area (Å²) in [5.74, 6) is 6.37. The first kappa shape index (κ1) is 20.9. The lowest BCUT2D eigenvalue weighted by Gasteiger charge is -2.51. The summed E-state index contributed by atoms with van der Waals surface area (Å²) in [6.45, 7) is -0.261. The van der Waals surface area contributed by atoms with Crippen LogP contribution in [0.4, 0.5) is 14.9 Å². The van der Waals surface area contributed by atoms with Crippen LogP contribution in [0, 0.1) is 34.9 Å². The number of nitriles is 1. The van der Waals surface area contributed by atoms with Gasteiger partial charge in [-0.05, 0) is 54.8 Å². The normalized spacial score (nSPS) is 22.7. The predicted molar refractivity (Wildman–Crippen MR) is 116 cm³/mol. The van der Waals surface area contributed by atoms with Gasteiger partial charge in [0.1, 0.15) is 11.9 Å². The number of hydrogen-bond donors (Lipinski definition) is 2. The van der Waals surface area contributed by atoms with Crippen molar-refractivity contribution in [1.82, 2.24) is 4.90 Å². The summed E-state index contributed by atoms with van der Waals surface area (Å²) in [5.41, 5.74) is 2.24. The van der Waals surface area contributed by atoms with Gasteiger partial charge in [0.05, 0.1) is 18.7 Å². The topological polar surface area (TPSA) is 76.4 Å². The maximum atomic E-state index is 13.1. The molecule has 1 aliphatic carbocycles. The number of urea groups is 1. The van der Waals surface area contributed by atoms with Crippen LogP contribution in [-0.4, -0.2) is 34.7 Å². The number of amides is 2. The zero-order chi connectivity index (χ0) is 21.8. The second-order valence-corrected chi connectivity index (χ2v) is 8.07. The van der Waals surface area contributed by atoms with Crippen molar-refractivity contribution < 1.29 is 14.3 Å². The Kier molecular flexibility index (Phi) is 6.21. The summed E-state index contributed by atoms with van der Waals surface area (Å²) < 4.78 is 13.1. The van der Waals surface area contributed by atoms with Gasteiger partial charge >= 0.3 is 6.03 Å². The zero-order valence-corrected chi connectivity index (χ0v) is 17.1. The Hall–Kier alpha value is -3.35. The van der Waals surface area contributed by atoms with Crippen LogP contribution in [-0.2, 0) is 0 Å². The van der Waals surface area contributed by atoms with Gasteiger partial charge in [-0.25, -0.2) is 9.18 Å². The number of carbonyl (C=O) groups is 1. The lowest BCUT2D eigenvalue weighted by atomic mass is 9.76. The summed E-state index contributed by atoms with van der Waals surface area (Å²) in [4.78, 5) is 14.0. The van der Waals surface area contributed by atoms with Gasteiger partial charge < -0.3 is 15.3 Å². The van der Waals surface area contributed by atoms with E-state index in [1.165, 1.54) is 54.8 Å². The van der Waals surface area contributed by atoms with Crippen LogP contribution in [0.3, 0.4) is 0 Å². The van der Waals surface area contributed by atoms with Crippen LogP contribution in [0.5, 0.6) is 0 Å². The monoisotopic (exact) mass is 417 g/mol. The lowest BCUT2D eigenvalue weighted by molar-refractivity contribution is 0.0224. The number of aliphatic hydroxyl groups is 1. The Morgan fingerprint density at radius 2 is 1.81 bits per heavy atom. The Bertz CT molecular complexity index is 1030. The molecule has 1 aliphatic heterocycles. The van der Waals surface area contributed by atoms with Crippen molar-refractivity contribution in [2.45, 2.75) is 43.7 Å². The molecule has 1 heterocycles. The number of rotatable bonds is 3. The van der Waals surface area contributed by atoms with Gasteiger partial charge in [0, 0.05) is 23.1 Å². The number of nitrogens with one attached hydrogen (secondary N) is 1. The van der Waals surface area contributed by atoms with Crippen LogP contribution in [0.15, 0.2) is 48.5 Å². The van der Waals surface area contributed by atoms with E-state index in [2.05, 4.69) is 23.2 Å². The fraction of sp³-hybridized carbons (Fsp3) is 0.360. The molecule has 3 atom stereocenters. The molecule has 0 radical (unpaired) electrons. The lowest BCUT2D eigenvalue weighted by Crippen LogP contribution is -2.66. The minimum Gasteiger partial charge on any atom is -0.394 e. The molecule has 1 saturated heterocycles. The summed E-state index contributed by atoms with van der Waals surface area (Å²) in [6, 6.07) is 13.6. The van der Waals surface area contributed by atoms with E-state index in [1.54, 1.807) is 0 Å². The molecule has 6 heteroatoms. The summed E-state index contributed by atoms with van der Waals surface area (Å²) in [7, 11) is 0. The fourth-order valence-corrected chi connectivity index (χ4v) is 4.45. The average molecular weight is 417 g/mol. The van der Waals surface area contributed by atoms with Crippen molar-refractivity contribution in [3.63, 3.8) is 0 Å². The second-order valence-electron chi connectivity index (χ2n) is 8.07. The van der Waals surface area contributed by atoms with E-state index in [0.717, 1.165) is 11.1 Å². The van der Waals surface area contributed by atoms with Crippen molar-refractivity contribution in [3.8, 4) is 17.9 Å². The van der Waals surface area contributed by atoms with Crippen molar-refractivity contribution in [3.05, 3.63) is 65.5 Å². The minimum atomic E-state index is -0.701. The molecule has 2 aromatic carbocycles. The number of likely N-dealkylation sites (tertiary alicyclic amines) is 1. The molecule has 158 valence electrons. The molecule has 2 aromatic rings. The van der Waals surface area contributed by atoms with Gasteiger partial charge in [-0.15, -0.1) is 0 Å². The van der Waals surface area contributed by atoms with E-state index in [-0.39, 0.29) is 12.5 Å². The number of aliphatic hydroxyl groups excluding tert-OH is 1. The summed E-state index contributed by atoms with van der Waals surface area (Å²) >= 11 is 0. The first-order valence-electron chi connectivity index (χ1n) is 10.6. The van der Waals surface area contributed by atoms with Gasteiger partial charge in [-0.3, -0.25) is 0 Å². The number of nitrogens with zero attached hydrogens (tertiary/aromatic N) is 2. The number of carbonyl (C=O) groups excluding carboxylic acids is 1. The number of anilines is 1. The highest BCUT2D eigenvalue weighted by Gasteiger charge is 2.51. The third kappa shape index (κ3) is 4.40. The van der Waals surface area contributed by atoms with Crippen LogP contribution >= 0.6 is 0 Å². The highest BCUT2D eigenvalue weighted by molar-refractivity contribution is 5.91. The smallest absolute Gasteiger partial charge is 0.323 e. The average Bonchev–Trinajstić information content (AvgIpc) is 3.28. The second kappa shape index (κ2) is 9.20. The molecule has 2 aliphatic rings. The van der Waals surface area contributed by atoms with E-state index in [1.807, 2.05) is 24.3 Å². The van der Waals surface area contributed by atoms with Gasteiger partial charge in [0.2, 0.25) is 0 Å². The molecule has 2 amide bonds. The largest absolute Gasteiger partial charge is 0.394 e. The van der Waals surface area contributed by atoms with Crippen LogP contribution in [0.25, 0.3) is 0 Å². The number of benzene rings is 2.